The Morgan fingerprint density at radius 2 is 2.06 bits per heavy atom. The second-order valence-corrected chi connectivity index (χ2v) is 6.38. The summed E-state index contributed by atoms with van der Waals surface area (Å²) in [5.74, 6) is -0.176. The minimum Gasteiger partial charge on any atom is -0.353 e. The predicted octanol–water partition coefficient (Wildman–Crippen LogP) is -1.22. The van der Waals surface area contributed by atoms with E-state index in [1.165, 1.54) is 7.05 Å². The smallest absolute Gasteiger partial charge is 0.240 e. The normalized spacial score (nSPS) is 20.2. The van der Waals surface area contributed by atoms with Crippen LogP contribution in [0.3, 0.4) is 0 Å². The average molecular weight is 249 g/mol. The van der Waals surface area contributed by atoms with Gasteiger partial charge in [0, 0.05) is 6.54 Å². The third-order valence-electron chi connectivity index (χ3n) is 2.88. The van der Waals surface area contributed by atoms with E-state index in [1.54, 1.807) is 6.92 Å². The Hall–Kier alpha value is -0.660. The number of hydrogen-bond acceptors (Lipinski definition) is 4. The lowest BCUT2D eigenvalue weighted by atomic mass is 9.96. The average Bonchev–Trinajstić information content (AvgIpc) is 3.00. The monoisotopic (exact) mass is 249 g/mol. The molecule has 0 aromatic rings. The van der Waals surface area contributed by atoms with Gasteiger partial charge in [0.1, 0.15) is 0 Å². The molecule has 0 spiro atoms. The van der Waals surface area contributed by atoms with Gasteiger partial charge in [-0.1, -0.05) is 0 Å². The molecule has 1 fully saturated rings. The summed E-state index contributed by atoms with van der Waals surface area (Å²) >= 11 is 0. The number of amides is 1. The van der Waals surface area contributed by atoms with Crippen LogP contribution in [0.5, 0.6) is 0 Å². The summed E-state index contributed by atoms with van der Waals surface area (Å²) in [6, 6.07) is 0. The Bertz CT molecular complexity index is 360. The minimum absolute atomic E-state index is 0.0848. The number of sulfonamides is 1. The molecule has 0 bridgehead atoms. The summed E-state index contributed by atoms with van der Waals surface area (Å²) in [6.07, 6.45) is 1.93. The fourth-order valence-corrected chi connectivity index (χ4v) is 2.03. The van der Waals surface area contributed by atoms with Crippen molar-refractivity contribution in [3.63, 3.8) is 0 Å². The lowest BCUT2D eigenvalue weighted by Crippen LogP contribution is -2.54. The molecule has 0 heterocycles. The molecule has 6 nitrogen and oxygen atoms in total. The van der Waals surface area contributed by atoms with E-state index < -0.39 is 15.6 Å². The lowest BCUT2D eigenvalue weighted by Gasteiger charge is -2.22. The molecule has 0 aromatic carbocycles. The SMILES string of the molecule is CNS(=O)(=O)CCNC(=O)C(C)(N)C1CC1. The molecule has 1 atom stereocenters. The van der Waals surface area contributed by atoms with Crippen molar-refractivity contribution in [1.29, 1.82) is 0 Å². The number of nitrogens with one attached hydrogen (secondary N) is 2. The topological polar surface area (TPSA) is 101 Å². The van der Waals surface area contributed by atoms with E-state index >= 15 is 0 Å². The van der Waals surface area contributed by atoms with Crippen molar-refractivity contribution in [2.45, 2.75) is 25.3 Å². The van der Waals surface area contributed by atoms with Crippen LogP contribution in [0.1, 0.15) is 19.8 Å². The Balaban J connectivity index is 2.36. The van der Waals surface area contributed by atoms with Crippen LogP contribution in [-0.4, -0.2) is 39.2 Å². The van der Waals surface area contributed by atoms with E-state index in [0.29, 0.717) is 0 Å². The Morgan fingerprint density at radius 3 is 2.50 bits per heavy atom. The minimum atomic E-state index is -3.27. The molecule has 16 heavy (non-hydrogen) atoms. The maximum absolute atomic E-state index is 11.7. The molecule has 7 heteroatoms. The standard InChI is InChI=1S/C9H19N3O3S/c1-9(10,7-3-4-7)8(13)12-5-6-16(14,15)11-2/h7,11H,3-6,10H2,1-2H3,(H,12,13). The summed E-state index contributed by atoms with van der Waals surface area (Å²) in [5.41, 5.74) is 5.00. The van der Waals surface area contributed by atoms with Crippen molar-refractivity contribution < 1.29 is 13.2 Å². The van der Waals surface area contributed by atoms with Crippen molar-refractivity contribution >= 4 is 15.9 Å². The summed E-state index contributed by atoms with van der Waals surface area (Å²) < 4.78 is 24.3. The van der Waals surface area contributed by atoms with Crippen LogP contribution >= 0.6 is 0 Å². The molecular weight excluding hydrogens is 230 g/mol. The maximum Gasteiger partial charge on any atom is 0.240 e. The molecule has 1 saturated carbocycles. The van der Waals surface area contributed by atoms with Gasteiger partial charge in [-0.05, 0) is 32.7 Å². The highest BCUT2D eigenvalue weighted by Crippen LogP contribution is 2.37. The van der Waals surface area contributed by atoms with Crippen LogP contribution in [0.4, 0.5) is 0 Å². The molecule has 0 aromatic heterocycles. The maximum atomic E-state index is 11.7. The van der Waals surface area contributed by atoms with E-state index in [4.69, 9.17) is 5.73 Å². The first-order valence-electron chi connectivity index (χ1n) is 5.28. The zero-order valence-corrected chi connectivity index (χ0v) is 10.4. The third kappa shape index (κ3) is 3.43. The second-order valence-electron chi connectivity index (χ2n) is 4.34. The molecule has 4 N–H and O–H groups in total. The molecule has 94 valence electrons. The predicted molar refractivity (Wildman–Crippen MR) is 61.2 cm³/mol. The quantitative estimate of drug-likeness (QED) is 0.549. The highest BCUT2D eigenvalue weighted by Gasteiger charge is 2.43. The van der Waals surface area contributed by atoms with E-state index in [9.17, 15) is 13.2 Å². The van der Waals surface area contributed by atoms with E-state index in [2.05, 4.69) is 10.0 Å². The van der Waals surface area contributed by atoms with Gasteiger partial charge in [0.15, 0.2) is 0 Å². The molecule has 0 saturated heterocycles. The van der Waals surface area contributed by atoms with Crippen LogP contribution in [-0.2, 0) is 14.8 Å². The number of rotatable bonds is 6. The van der Waals surface area contributed by atoms with Crippen molar-refractivity contribution in [3.05, 3.63) is 0 Å². The molecule has 1 aliphatic rings. The van der Waals surface area contributed by atoms with Crippen molar-refractivity contribution in [3.8, 4) is 0 Å². The van der Waals surface area contributed by atoms with E-state index in [1.807, 2.05) is 0 Å². The van der Waals surface area contributed by atoms with Gasteiger partial charge in [0.05, 0.1) is 11.3 Å². The van der Waals surface area contributed by atoms with Crippen molar-refractivity contribution in [2.24, 2.45) is 11.7 Å². The van der Waals surface area contributed by atoms with Crippen LogP contribution in [0.25, 0.3) is 0 Å². The summed E-state index contributed by atoms with van der Waals surface area (Å²) in [5, 5.41) is 2.55. The van der Waals surface area contributed by atoms with Crippen LogP contribution in [0.15, 0.2) is 0 Å². The van der Waals surface area contributed by atoms with Gasteiger partial charge in [0.25, 0.3) is 0 Å². The molecular formula is C9H19N3O3S. The number of nitrogens with two attached hydrogens (primary N) is 1. The zero-order chi connectivity index (χ0) is 12.4. The summed E-state index contributed by atoms with van der Waals surface area (Å²) in [6.45, 7) is 1.77. The van der Waals surface area contributed by atoms with Gasteiger partial charge in [0.2, 0.25) is 15.9 Å². The first-order chi connectivity index (χ1) is 7.29. The highest BCUT2D eigenvalue weighted by atomic mass is 32.2. The lowest BCUT2D eigenvalue weighted by molar-refractivity contribution is -0.126. The molecule has 0 radical (unpaired) electrons. The third-order valence-corrected chi connectivity index (χ3v) is 4.25. The fourth-order valence-electron chi connectivity index (χ4n) is 1.46. The number of carbonyl (C=O) groups is 1. The Kier molecular flexibility index (Phi) is 3.92. The highest BCUT2D eigenvalue weighted by molar-refractivity contribution is 7.89. The van der Waals surface area contributed by atoms with E-state index in [-0.39, 0.29) is 24.1 Å². The summed E-state index contributed by atoms with van der Waals surface area (Å²) in [4.78, 5) is 11.7. The van der Waals surface area contributed by atoms with Gasteiger partial charge in [-0.3, -0.25) is 4.79 Å². The van der Waals surface area contributed by atoms with Gasteiger partial charge < -0.3 is 11.1 Å². The Labute approximate surface area is 96.0 Å². The van der Waals surface area contributed by atoms with Crippen molar-refractivity contribution in [1.82, 2.24) is 10.0 Å². The Morgan fingerprint density at radius 1 is 1.50 bits per heavy atom. The molecule has 1 aliphatic carbocycles. The van der Waals surface area contributed by atoms with Crippen LogP contribution in [0, 0.1) is 5.92 Å². The van der Waals surface area contributed by atoms with Gasteiger partial charge >= 0.3 is 0 Å². The summed E-state index contributed by atoms with van der Waals surface area (Å²) in [7, 11) is -1.93. The molecule has 0 aliphatic heterocycles. The van der Waals surface area contributed by atoms with E-state index in [0.717, 1.165) is 12.8 Å². The van der Waals surface area contributed by atoms with Gasteiger partial charge in [-0.15, -0.1) is 0 Å². The van der Waals surface area contributed by atoms with Crippen LogP contribution in [0.2, 0.25) is 0 Å². The number of hydrogen-bond donors (Lipinski definition) is 3. The number of carbonyl (C=O) groups excluding carboxylic acids is 1. The van der Waals surface area contributed by atoms with Gasteiger partial charge in [-0.2, -0.15) is 0 Å². The fraction of sp³-hybridized carbons (Fsp3) is 0.889. The first kappa shape index (κ1) is 13.4. The molecule has 1 amide bonds. The first-order valence-corrected chi connectivity index (χ1v) is 6.93. The molecule has 1 rings (SSSR count). The van der Waals surface area contributed by atoms with Crippen molar-refractivity contribution in [2.75, 3.05) is 19.3 Å². The zero-order valence-electron chi connectivity index (χ0n) is 9.62. The second kappa shape index (κ2) is 4.68. The molecule has 1 unspecified atom stereocenters. The van der Waals surface area contributed by atoms with Gasteiger partial charge in [-0.25, -0.2) is 13.1 Å². The van der Waals surface area contributed by atoms with Crippen LogP contribution < -0.4 is 15.8 Å². The largest absolute Gasteiger partial charge is 0.353 e.